The van der Waals surface area contributed by atoms with Crippen molar-refractivity contribution in [2.45, 2.75) is 4.90 Å². The quantitative estimate of drug-likeness (QED) is 0.527. The minimum absolute atomic E-state index is 0.103. The molecule has 2 N–H and O–H groups in total. The molecule has 0 aliphatic carbocycles. The van der Waals surface area contributed by atoms with Gasteiger partial charge in [-0.2, -0.15) is 11.8 Å². The number of benzene rings is 1. The van der Waals surface area contributed by atoms with Crippen LogP contribution in [0.15, 0.2) is 35.7 Å². The summed E-state index contributed by atoms with van der Waals surface area (Å²) in [6.07, 6.45) is 1.73. The Morgan fingerprint density at radius 2 is 2.24 bits per heavy atom. The number of aromatic carboxylic acids is 1. The standard InChI is InChI=1S/C13H17NO5S2/c1-3-7-20-8-6-14-21(17,18)12-9-10(13(15)16)4-5-11(12)19-2/h3-5,9,14H,1,6-8H2,2H3,(H,15,16). The van der Waals surface area contributed by atoms with Crippen molar-refractivity contribution in [1.29, 1.82) is 0 Å². The molecule has 0 amide bonds. The monoisotopic (exact) mass is 331 g/mol. The molecule has 1 aromatic carbocycles. The van der Waals surface area contributed by atoms with Crippen molar-refractivity contribution in [3.63, 3.8) is 0 Å². The van der Waals surface area contributed by atoms with Gasteiger partial charge in [-0.25, -0.2) is 17.9 Å². The van der Waals surface area contributed by atoms with Gasteiger partial charge in [-0.3, -0.25) is 0 Å². The SMILES string of the molecule is C=CCSCCNS(=O)(=O)c1cc(C(=O)O)ccc1OC. The predicted octanol–water partition coefficient (Wildman–Crippen LogP) is 1.59. The van der Waals surface area contributed by atoms with E-state index < -0.39 is 16.0 Å². The maximum absolute atomic E-state index is 12.2. The molecule has 0 heterocycles. The number of thioether (sulfide) groups is 1. The lowest BCUT2D eigenvalue weighted by Crippen LogP contribution is -2.26. The zero-order valence-corrected chi connectivity index (χ0v) is 13.2. The molecular weight excluding hydrogens is 314 g/mol. The van der Waals surface area contributed by atoms with Gasteiger partial charge in [-0.15, -0.1) is 6.58 Å². The van der Waals surface area contributed by atoms with Gasteiger partial charge < -0.3 is 9.84 Å². The summed E-state index contributed by atoms with van der Waals surface area (Å²) in [5.41, 5.74) is -0.114. The van der Waals surface area contributed by atoms with Gasteiger partial charge in [0.2, 0.25) is 10.0 Å². The molecule has 6 nitrogen and oxygen atoms in total. The number of hydrogen-bond acceptors (Lipinski definition) is 5. The lowest BCUT2D eigenvalue weighted by atomic mass is 10.2. The molecule has 1 rings (SSSR count). The highest BCUT2D eigenvalue weighted by Crippen LogP contribution is 2.24. The Morgan fingerprint density at radius 3 is 2.81 bits per heavy atom. The Bertz CT molecular complexity index is 613. The minimum atomic E-state index is -3.82. The van der Waals surface area contributed by atoms with Gasteiger partial charge in [0.05, 0.1) is 12.7 Å². The molecule has 1 aromatic rings. The molecule has 116 valence electrons. The summed E-state index contributed by atoms with van der Waals surface area (Å²) >= 11 is 1.54. The van der Waals surface area contributed by atoms with Gasteiger partial charge >= 0.3 is 5.97 Å². The summed E-state index contributed by atoms with van der Waals surface area (Å²) in [6, 6.07) is 3.70. The molecule has 0 aromatic heterocycles. The molecule has 0 spiro atoms. The number of carboxylic acids is 1. The number of carboxylic acid groups (broad SMARTS) is 1. The third-order valence-corrected chi connectivity index (χ3v) is 4.92. The highest BCUT2D eigenvalue weighted by Gasteiger charge is 2.21. The predicted molar refractivity (Wildman–Crippen MR) is 82.7 cm³/mol. The van der Waals surface area contributed by atoms with Crippen LogP contribution in [0, 0.1) is 0 Å². The molecule has 0 aliphatic rings. The van der Waals surface area contributed by atoms with Crippen LogP contribution < -0.4 is 9.46 Å². The lowest BCUT2D eigenvalue weighted by Gasteiger charge is -2.11. The largest absolute Gasteiger partial charge is 0.495 e. The molecular formula is C13H17NO5S2. The van der Waals surface area contributed by atoms with E-state index in [1.165, 1.54) is 31.0 Å². The molecule has 21 heavy (non-hydrogen) atoms. The molecule has 0 saturated heterocycles. The highest BCUT2D eigenvalue weighted by atomic mass is 32.2. The number of rotatable bonds is 9. The Balaban J connectivity index is 2.92. The van der Waals surface area contributed by atoms with Crippen LogP contribution in [-0.2, 0) is 10.0 Å². The third-order valence-electron chi connectivity index (χ3n) is 2.47. The van der Waals surface area contributed by atoms with Crippen LogP contribution >= 0.6 is 11.8 Å². The normalized spacial score (nSPS) is 11.1. The summed E-state index contributed by atoms with van der Waals surface area (Å²) < 4.78 is 31.8. The van der Waals surface area contributed by atoms with E-state index in [1.54, 1.807) is 6.08 Å². The second kappa shape index (κ2) is 8.06. The van der Waals surface area contributed by atoms with Gasteiger partial charge in [-0.1, -0.05) is 6.08 Å². The first kappa shape index (κ1) is 17.5. The van der Waals surface area contributed by atoms with E-state index in [0.29, 0.717) is 5.75 Å². The van der Waals surface area contributed by atoms with Crippen molar-refractivity contribution in [3.05, 3.63) is 36.4 Å². The van der Waals surface area contributed by atoms with Gasteiger partial charge in [0.1, 0.15) is 10.6 Å². The van der Waals surface area contributed by atoms with Crippen molar-refractivity contribution in [1.82, 2.24) is 4.72 Å². The Labute approximate surface area is 128 Å². The van der Waals surface area contributed by atoms with Crippen LogP contribution in [0.25, 0.3) is 0 Å². The van der Waals surface area contributed by atoms with Crippen molar-refractivity contribution in [3.8, 4) is 5.75 Å². The fourth-order valence-electron chi connectivity index (χ4n) is 1.51. The number of ether oxygens (including phenoxy) is 1. The zero-order valence-electron chi connectivity index (χ0n) is 11.5. The van der Waals surface area contributed by atoms with E-state index in [1.807, 2.05) is 0 Å². The Morgan fingerprint density at radius 1 is 1.52 bits per heavy atom. The van der Waals surface area contributed by atoms with Gasteiger partial charge in [0.25, 0.3) is 0 Å². The maximum Gasteiger partial charge on any atom is 0.335 e. The van der Waals surface area contributed by atoms with E-state index >= 15 is 0 Å². The van der Waals surface area contributed by atoms with E-state index in [-0.39, 0.29) is 22.8 Å². The molecule has 0 fully saturated rings. The summed E-state index contributed by atoms with van der Waals surface area (Å²) in [7, 11) is -2.50. The van der Waals surface area contributed by atoms with Crippen molar-refractivity contribution in [2.75, 3.05) is 25.2 Å². The maximum atomic E-state index is 12.2. The first-order valence-electron chi connectivity index (χ1n) is 6.02. The van der Waals surface area contributed by atoms with Crippen LogP contribution in [0.2, 0.25) is 0 Å². The van der Waals surface area contributed by atoms with Gasteiger partial charge in [0, 0.05) is 18.1 Å². The number of carbonyl (C=O) groups is 1. The Kier molecular flexibility index (Phi) is 6.73. The molecule has 0 atom stereocenters. The third kappa shape index (κ3) is 5.07. The molecule has 0 saturated carbocycles. The van der Waals surface area contributed by atoms with Crippen LogP contribution in [0.1, 0.15) is 10.4 Å². The van der Waals surface area contributed by atoms with E-state index in [9.17, 15) is 13.2 Å². The molecule has 0 aliphatic heterocycles. The second-order valence-electron chi connectivity index (χ2n) is 3.93. The second-order valence-corrected chi connectivity index (χ2v) is 6.82. The van der Waals surface area contributed by atoms with Gasteiger partial charge in [-0.05, 0) is 18.2 Å². The van der Waals surface area contributed by atoms with Crippen LogP contribution in [0.4, 0.5) is 0 Å². The summed E-state index contributed by atoms with van der Waals surface area (Å²) in [4.78, 5) is 10.8. The van der Waals surface area contributed by atoms with E-state index in [2.05, 4.69) is 11.3 Å². The van der Waals surface area contributed by atoms with Crippen molar-refractivity contribution < 1.29 is 23.1 Å². The molecule has 0 radical (unpaired) electrons. The highest BCUT2D eigenvalue weighted by molar-refractivity contribution is 7.99. The minimum Gasteiger partial charge on any atom is -0.495 e. The van der Waals surface area contributed by atoms with Crippen LogP contribution in [0.5, 0.6) is 5.75 Å². The number of sulfonamides is 1. The first-order valence-corrected chi connectivity index (χ1v) is 8.65. The number of methoxy groups -OCH3 is 1. The summed E-state index contributed by atoms with van der Waals surface area (Å²) in [6.45, 7) is 3.81. The van der Waals surface area contributed by atoms with Crippen LogP contribution in [0.3, 0.4) is 0 Å². The molecule has 0 bridgehead atoms. The average molecular weight is 331 g/mol. The van der Waals surface area contributed by atoms with E-state index in [0.717, 1.165) is 11.8 Å². The topological polar surface area (TPSA) is 92.7 Å². The molecule has 0 unspecified atom stereocenters. The van der Waals surface area contributed by atoms with Crippen molar-refractivity contribution >= 4 is 27.8 Å². The first-order chi connectivity index (χ1) is 9.92. The fourth-order valence-corrected chi connectivity index (χ4v) is 3.45. The summed E-state index contributed by atoms with van der Waals surface area (Å²) in [5, 5.41) is 8.94. The Hall–Kier alpha value is -1.51. The lowest BCUT2D eigenvalue weighted by molar-refractivity contribution is 0.0696. The van der Waals surface area contributed by atoms with Crippen LogP contribution in [-0.4, -0.2) is 44.7 Å². The van der Waals surface area contributed by atoms with Crippen molar-refractivity contribution in [2.24, 2.45) is 0 Å². The fraction of sp³-hybridized carbons (Fsp3) is 0.308. The summed E-state index contributed by atoms with van der Waals surface area (Å²) in [5.74, 6) is 0.230. The smallest absolute Gasteiger partial charge is 0.335 e. The van der Waals surface area contributed by atoms with E-state index in [4.69, 9.17) is 9.84 Å². The zero-order chi connectivity index (χ0) is 15.9. The number of hydrogen-bond donors (Lipinski definition) is 2. The molecule has 8 heteroatoms. The number of nitrogens with one attached hydrogen (secondary N) is 1. The average Bonchev–Trinajstić information content (AvgIpc) is 2.46. The van der Waals surface area contributed by atoms with Gasteiger partial charge in [0.15, 0.2) is 0 Å².